The molecule has 1 aromatic carbocycles. The van der Waals surface area contributed by atoms with E-state index in [1.54, 1.807) is 7.11 Å². The van der Waals surface area contributed by atoms with Crippen LogP contribution in [-0.2, 0) is 0 Å². The van der Waals surface area contributed by atoms with Crippen molar-refractivity contribution in [2.24, 2.45) is 5.92 Å². The van der Waals surface area contributed by atoms with Crippen molar-refractivity contribution < 1.29 is 14.3 Å². The fourth-order valence-corrected chi connectivity index (χ4v) is 4.73. The number of ether oxygens (including phenoxy) is 2. The quantitative estimate of drug-likeness (QED) is 0.868. The fraction of sp³-hybridized carbons (Fsp3) is 0.450. The molecule has 3 aliphatic rings. The van der Waals surface area contributed by atoms with E-state index >= 15 is 0 Å². The molecule has 0 aliphatic carbocycles. The molecule has 1 N–H and O–H groups in total. The van der Waals surface area contributed by atoms with E-state index in [2.05, 4.69) is 17.1 Å². The molecule has 6 heteroatoms. The second kappa shape index (κ2) is 7.29. The summed E-state index contributed by atoms with van der Waals surface area (Å²) in [6.07, 6.45) is 2.37. The van der Waals surface area contributed by atoms with Crippen LogP contribution in [0.2, 0.25) is 0 Å². The Balaban J connectivity index is 1.39. The Hall–Kier alpha value is -2.05. The van der Waals surface area contributed by atoms with Crippen molar-refractivity contribution in [2.75, 3.05) is 20.2 Å². The van der Waals surface area contributed by atoms with Crippen molar-refractivity contribution in [1.82, 2.24) is 10.2 Å². The van der Waals surface area contributed by atoms with Crippen molar-refractivity contribution in [3.63, 3.8) is 0 Å². The molecule has 2 aromatic rings. The van der Waals surface area contributed by atoms with E-state index < -0.39 is 0 Å². The highest BCUT2D eigenvalue weighted by Gasteiger charge is 2.40. The number of piperidine rings is 3. The number of thiophene rings is 1. The van der Waals surface area contributed by atoms with Gasteiger partial charge in [-0.05, 0) is 75.2 Å². The molecule has 2 atom stereocenters. The van der Waals surface area contributed by atoms with E-state index in [4.69, 9.17) is 9.47 Å². The van der Waals surface area contributed by atoms with Gasteiger partial charge >= 0.3 is 0 Å². The molecule has 5 rings (SSSR count). The molecule has 0 saturated carbocycles. The Morgan fingerprint density at radius 3 is 2.42 bits per heavy atom. The molecule has 4 heterocycles. The molecule has 2 unspecified atom stereocenters. The molecule has 1 amide bonds. The predicted octanol–water partition coefficient (Wildman–Crippen LogP) is 3.76. The summed E-state index contributed by atoms with van der Waals surface area (Å²) in [6.45, 7) is 4.55. The van der Waals surface area contributed by atoms with Gasteiger partial charge in [-0.1, -0.05) is 11.3 Å². The van der Waals surface area contributed by atoms with Crippen LogP contribution in [0.4, 0.5) is 0 Å². The van der Waals surface area contributed by atoms with Crippen LogP contribution in [0.5, 0.6) is 15.9 Å². The number of nitrogens with zero attached hydrogens (tertiary/aromatic N) is 1. The Morgan fingerprint density at radius 2 is 1.81 bits per heavy atom. The number of amides is 1. The molecule has 2 bridgehead atoms. The van der Waals surface area contributed by atoms with Crippen LogP contribution in [0.1, 0.15) is 30.1 Å². The van der Waals surface area contributed by atoms with Crippen LogP contribution in [-0.4, -0.2) is 43.1 Å². The Morgan fingerprint density at radius 1 is 1.12 bits per heavy atom. The van der Waals surface area contributed by atoms with Crippen molar-refractivity contribution in [3.8, 4) is 15.9 Å². The van der Waals surface area contributed by atoms with Crippen LogP contribution in [0.15, 0.2) is 36.4 Å². The summed E-state index contributed by atoms with van der Waals surface area (Å²) >= 11 is 1.44. The maximum atomic E-state index is 12.7. The average molecular weight is 372 g/mol. The molecule has 3 saturated heterocycles. The van der Waals surface area contributed by atoms with Crippen LogP contribution < -0.4 is 14.8 Å². The highest BCUT2D eigenvalue weighted by molar-refractivity contribution is 7.15. The van der Waals surface area contributed by atoms with Gasteiger partial charge in [-0.25, -0.2) is 0 Å². The van der Waals surface area contributed by atoms with E-state index in [9.17, 15) is 4.79 Å². The molecule has 1 aromatic heterocycles. The standard InChI is InChI=1S/C20H24N2O3S/c1-13-19(14-9-11-22(13)12-10-14)21-20(23)15-3-5-16(6-4-15)25-18-8-7-17(24-2)26-18/h3-8,13-14,19H,9-12H2,1-2H3,(H,21,23). The van der Waals surface area contributed by atoms with Gasteiger partial charge < -0.3 is 14.8 Å². The van der Waals surface area contributed by atoms with Gasteiger partial charge in [-0.2, -0.15) is 0 Å². The van der Waals surface area contributed by atoms with E-state index in [-0.39, 0.29) is 11.9 Å². The van der Waals surface area contributed by atoms with Gasteiger partial charge in [-0.3, -0.25) is 9.69 Å². The minimum Gasteiger partial charge on any atom is -0.487 e. The third kappa shape index (κ3) is 3.44. The third-order valence-corrected chi connectivity index (χ3v) is 6.49. The number of hydrogen-bond donors (Lipinski definition) is 1. The Labute approximate surface area is 157 Å². The van der Waals surface area contributed by atoms with Gasteiger partial charge in [0.2, 0.25) is 0 Å². The normalized spacial score (nSPS) is 27.2. The first-order chi connectivity index (χ1) is 12.6. The maximum Gasteiger partial charge on any atom is 0.251 e. The topological polar surface area (TPSA) is 50.8 Å². The smallest absolute Gasteiger partial charge is 0.251 e. The molecule has 3 fully saturated rings. The highest BCUT2D eigenvalue weighted by Crippen LogP contribution is 2.34. The summed E-state index contributed by atoms with van der Waals surface area (Å²) in [5.41, 5.74) is 0.671. The van der Waals surface area contributed by atoms with Crippen molar-refractivity contribution in [3.05, 3.63) is 42.0 Å². The van der Waals surface area contributed by atoms with Crippen molar-refractivity contribution in [1.29, 1.82) is 0 Å². The number of nitrogens with one attached hydrogen (secondary N) is 1. The molecule has 0 spiro atoms. The van der Waals surface area contributed by atoms with Gasteiger partial charge in [0.05, 0.1) is 7.11 Å². The number of methoxy groups -OCH3 is 1. The van der Waals surface area contributed by atoms with Crippen molar-refractivity contribution in [2.45, 2.75) is 31.8 Å². The molecular formula is C20H24N2O3S. The highest BCUT2D eigenvalue weighted by atomic mass is 32.1. The second-order valence-electron chi connectivity index (χ2n) is 7.02. The summed E-state index contributed by atoms with van der Waals surface area (Å²) in [5.74, 6) is 1.32. The first-order valence-corrected chi connectivity index (χ1v) is 9.92. The van der Waals surface area contributed by atoms with Gasteiger partial charge in [0.1, 0.15) is 5.75 Å². The lowest BCUT2D eigenvalue weighted by atomic mass is 9.79. The van der Waals surface area contributed by atoms with E-state index in [0.717, 1.165) is 23.2 Å². The lowest BCUT2D eigenvalue weighted by Gasteiger charge is -2.49. The van der Waals surface area contributed by atoms with Crippen LogP contribution in [0, 0.1) is 5.92 Å². The van der Waals surface area contributed by atoms with E-state index in [1.807, 2.05) is 36.4 Å². The number of rotatable bonds is 5. The first-order valence-electron chi connectivity index (χ1n) is 9.10. The van der Waals surface area contributed by atoms with Gasteiger partial charge in [0, 0.05) is 17.6 Å². The molecule has 3 aliphatic heterocycles. The van der Waals surface area contributed by atoms with Crippen LogP contribution in [0.3, 0.4) is 0 Å². The zero-order valence-electron chi connectivity index (χ0n) is 15.1. The summed E-state index contributed by atoms with van der Waals surface area (Å²) in [7, 11) is 1.64. The average Bonchev–Trinajstić information content (AvgIpc) is 3.13. The van der Waals surface area contributed by atoms with Crippen LogP contribution >= 0.6 is 11.3 Å². The summed E-state index contributed by atoms with van der Waals surface area (Å²) in [4.78, 5) is 15.1. The molecular weight excluding hydrogens is 348 g/mol. The summed E-state index contributed by atoms with van der Waals surface area (Å²) in [5, 5.41) is 4.83. The Kier molecular flexibility index (Phi) is 4.87. The lowest BCUT2D eigenvalue weighted by Crippen LogP contribution is -2.62. The first kappa shape index (κ1) is 17.4. The zero-order chi connectivity index (χ0) is 18.1. The molecule has 0 radical (unpaired) electrons. The van der Waals surface area contributed by atoms with Crippen LogP contribution in [0.25, 0.3) is 0 Å². The SMILES string of the molecule is COc1ccc(Oc2ccc(C(=O)NC3C4CCN(CC4)C3C)cc2)s1. The van der Waals surface area contributed by atoms with Gasteiger partial charge in [0.15, 0.2) is 10.1 Å². The molecule has 5 nitrogen and oxygen atoms in total. The van der Waals surface area contributed by atoms with Gasteiger partial charge in [-0.15, -0.1) is 0 Å². The minimum atomic E-state index is -0.0000529. The monoisotopic (exact) mass is 372 g/mol. The number of carbonyl (C=O) groups excluding carboxylic acids is 1. The second-order valence-corrected chi connectivity index (χ2v) is 8.03. The predicted molar refractivity (Wildman–Crippen MR) is 102 cm³/mol. The number of hydrogen-bond acceptors (Lipinski definition) is 5. The minimum absolute atomic E-state index is 0.0000529. The third-order valence-electron chi connectivity index (χ3n) is 5.57. The van der Waals surface area contributed by atoms with Gasteiger partial charge in [0.25, 0.3) is 5.91 Å². The number of fused-ring (bicyclic) bond motifs is 3. The molecule has 26 heavy (non-hydrogen) atoms. The lowest BCUT2D eigenvalue weighted by molar-refractivity contribution is 0.0217. The summed E-state index contributed by atoms with van der Waals surface area (Å²) in [6, 6.07) is 11.7. The summed E-state index contributed by atoms with van der Waals surface area (Å²) < 4.78 is 11.0. The number of carbonyl (C=O) groups is 1. The largest absolute Gasteiger partial charge is 0.487 e. The Bertz CT molecular complexity index is 764. The maximum absolute atomic E-state index is 12.7. The van der Waals surface area contributed by atoms with E-state index in [0.29, 0.717) is 23.3 Å². The number of benzene rings is 1. The van der Waals surface area contributed by atoms with E-state index in [1.165, 1.54) is 24.2 Å². The molecule has 138 valence electrons. The fourth-order valence-electron chi connectivity index (χ4n) is 4.04. The zero-order valence-corrected chi connectivity index (χ0v) is 15.9. The van der Waals surface area contributed by atoms with Crippen molar-refractivity contribution >= 4 is 17.2 Å².